The molecule has 6 aromatic carbocycles. The summed E-state index contributed by atoms with van der Waals surface area (Å²) < 4.78 is 0. The monoisotopic (exact) mass is 600 g/mol. The third-order valence-electron chi connectivity index (χ3n) is 9.10. The molecule has 0 atom stereocenters. The van der Waals surface area contributed by atoms with Crippen molar-refractivity contribution in [2.24, 2.45) is 0 Å². The zero-order chi connectivity index (χ0) is 32.5. The molecule has 0 radical (unpaired) electrons. The highest BCUT2D eigenvalue weighted by Gasteiger charge is 2.21. The summed E-state index contributed by atoms with van der Waals surface area (Å²) in [6.07, 6.45) is 0. The zero-order valence-corrected chi connectivity index (χ0v) is 28.4. The molecule has 0 aliphatic heterocycles. The first-order valence-corrected chi connectivity index (χ1v) is 16.2. The summed E-state index contributed by atoms with van der Waals surface area (Å²) in [4.78, 5) is 4.78. The van der Waals surface area contributed by atoms with Crippen molar-refractivity contribution in [3.8, 4) is 11.1 Å². The minimum absolute atomic E-state index is 1.16. The predicted molar refractivity (Wildman–Crippen MR) is 199 cm³/mol. The van der Waals surface area contributed by atoms with Gasteiger partial charge in [0.1, 0.15) is 0 Å². The van der Waals surface area contributed by atoms with Crippen LogP contribution in [0.2, 0.25) is 0 Å². The Hall–Kier alpha value is -5.08. The summed E-state index contributed by atoms with van der Waals surface area (Å²) in [5.41, 5.74) is 19.8. The molecule has 6 aromatic rings. The summed E-state index contributed by atoms with van der Waals surface area (Å²) in [5.74, 6) is 0. The highest BCUT2D eigenvalue weighted by Crippen LogP contribution is 2.44. The Bertz CT molecular complexity index is 1820. The molecule has 46 heavy (non-hydrogen) atoms. The van der Waals surface area contributed by atoms with Crippen molar-refractivity contribution >= 4 is 34.1 Å². The van der Waals surface area contributed by atoms with Crippen LogP contribution in [0.15, 0.2) is 121 Å². The first-order valence-electron chi connectivity index (χ1n) is 16.2. The average Bonchev–Trinajstić information content (AvgIpc) is 3.02. The first kappa shape index (κ1) is 30.9. The molecule has 2 heteroatoms. The van der Waals surface area contributed by atoms with Gasteiger partial charge in [-0.05, 0) is 161 Å². The van der Waals surface area contributed by atoms with Crippen molar-refractivity contribution in [3.63, 3.8) is 0 Å². The lowest BCUT2D eigenvalue weighted by Crippen LogP contribution is -2.13. The number of aryl methyl sites for hydroxylation is 8. The van der Waals surface area contributed by atoms with Crippen molar-refractivity contribution in [1.82, 2.24) is 0 Å². The van der Waals surface area contributed by atoms with Crippen LogP contribution in [0.1, 0.15) is 44.5 Å². The van der Waals surface area contributed by atoms with Gasteiger partial charge in [-0.3, -0.25) is 0 Å². The van der Waals surface area contributed by atoms with Gasteiger partial charge in [-0.15, -0.1) is 0 Å². The van der Waals surface area contributed by atoms with E-state index in [4.69, 9.17) is 0 Å². The number of benzene rings is 6. The lowest BCUT2D eigenvalue weighted by molar-refractivity contribution is 1.21. The molecule has 230 valence electrons. The number of hydrogen-bond donors (Lipinski definition) is 0. The Morgan fingerprint density at radius 2 is 0.609 bits per heavy atom. The molecular weight excluding hydrogens is 556 g/mol. The Morgan fingerprint density at radius 1 is 0.304 bits per heavy atom. The molecule has 0 aromatic heterocycles. The van der Waals surface area contributed by atoms with Crippen LogP contribution in [0.3, 0.4) is 0 Å². The molecule has 2 nitrogen and oxygen atoms in total. The van der Waals surface area contributed by atoms with Crippen LogP contribution in [-0.2, 0) is 0 Å². The van der Waals surface area contributed by atoms with E-state index in [1.807, 2.05) is 0 Å². The number of rotatable bonds is 7. The van der Waals surface area contributed by atoms with E-state index in [1.165, 1.54) is 78.4 Å². The second-order valence-electron chi connectivity index (χ2n) is 12.8. The summed E-state index contributed by atoms with van der Waals surface area (Å²) in [7, 11) is 0. The smallest absolute Gasteiger partial charge is 0.0490 e. The van der Waals surface area contributed by atoms with Gasteiger partial charge in [0.15, 0.2) is 0 Å². The van der Waals surface area contributed by atoms with E-state index in [-0.39, 0.29) is 0 Å². The highest BCUT2D eigenvalue weighted by atomic mass is 15.1. The van der Waals surface area contributed by atoms with Crippen LogP contribution in [0.4, 0.5) is 34.1 Å². The maximum absolute atomic E-state index is 2.39. The average molecular weight is 601 g/mol. The molecular formula is C44H44N2. The molecule has 0 fully saturated rings. The van der Waals surface area contributed by atoms with Crippen LogP contribution in [0.5, 0.6) is 0 Å². The lowest BCUT2D eigenvalue weighted by Gasteiger charge is -2.30. The molecule has 6 rings (SSSR count). The van der Waals surface area contributed by atoms with Crippen LogP contribution < -0.4 is 9.80 Å². The van der Waals surface area contributed by atoms with Gasteiger partial charge in [0.25, 0.3) is 0 Å². The third kappa shape index (κ3) is 5.96. The fourth-order valence-electron chi connectivity index (χ4n) is 6.80. The van der Waals surface area contributed by atoms with Crippen LogP contribution in [-0.4, -0.2) is 0 Å². The second-order valence-corrected chi connectivity index (χ2v) is 12.8. The quantitative estimate of drug-likeness (QED) is 0.180. The molecule has 0 unspecified atom stereocenters. The first-order chi connectivity index (χ1) is 22.1. The molecule has 0 saturated carbocycles. The van der Waals surface area contributed by atoms with Crippen molar-refractivity contribution in [2.45, 2.75) is 55.4 Å². The summed E-state index contributed by atoms with van der Waals surface area (Å²) in [5, 5.41) is 0. The molecule has 0 bridgehead atoms. The van der Waals surface area contributed by atoms with Gasteiger partial charge in [-0.1, -0.05) is 71.8 Å². The predicted octanol–water partition coefficient (Wildman–Crippen LogP) is 12.8. The fraction of sp³-hybridized carbons (Fsp3) is 0.182. The van der Waals surface area contributed by atoms with E-state index in [2.05, 4.69) is 187 Å². The van der Waals surface area contributed by atoms with Gasteiger partial charge in [0.05, 0.1) is 0 Å². The number of nitrogens with zero attached hydrogens (tertiary/aromatic N) is 2. The van der Waals surface area contributed by atoms with Gasteiger partial charge >= 0.3 is 0 Å². The van der Waals surface area contributed by atoms with Gasteiger partial charge < -0.3 is 9.80 Å². The third-order valence-corrected chi connectivity index (χ3v) is 9.10. The standard InChI is InChI=1S/C44H44N2/c1-29-17-21-37(22-18-29)45(41-15-11-9-13-31(41)3)39-25-33(5)43(34(6)26-39)44-35(7)27-40(28-36(44)8)46(38-23-19-30(2)20-24-38)42-16-12-10-14-32(42)4/h9-28H,1-8H3. The Labute approximate surface area is 275 Å². The second kappa shape index (κ2) is 12.7. The minimum Gasteiger partial charge on any atom is -0.310 e. The summed E-state index contributed by atoms with van der Waals surface area (Å²) in [6.45, 7) is 17.7. The topological polar surface area (TPSA) is 6.48 Å². The normalized spacial score (nSPS) is 11.0. The molecule has 0 aliphatic carbocycles. The van der Waals surface area contributed by atoms with E-state index >= 15 is 0 Å². The fourth-order valence-corrected chi connectivity index (χ4v) is 6.80. The van der Waals surface area contributed by atoms with Crippen molar-refractivity contribution < 1.29 is 0 Å². The van der Waals surface area contributed by atoms with E-state index in [9.17, 15) is 0 Å². The molecule has 0 amide bonds. The molecule has 0 N–H and O–H groups in total. The van der Waals surface area contributed by atoms with Crippen molar-refractivity contribution in [1.29, 1.82) is 0 Å². The number of hydrogen-bond acceptors (Lipinski definition) is 2. The lowest BCUT2D eigenvalue weighted by atomic mass is 9.88. The van der Waals surface area contributed by atoms with E-state index in [0.29, 0.717) is 0 Å². The Kier molecular flexibility index (Phi) is 8.56. The molecule has 0 spiro atoms. The Morgan fingerprint density at radius 3 is 0.913 bits per heavy atom. The van der Waals surface area contributed by atoms with Crippen molar-refractivity contribution in [3.05, 3.63) is 166 Å². The SMILES string of the molecule is Cc1ccc(N(c2cc(C)c(-c3c(C)cc(N(c4ccc(C)cc4)c4ccccc4C)cc3C)c(C)c2)c2ccccc2C)cc1. The Balaban J connectivity index is 1.47. The van der Waals surface area contributed by atoms with Gasteiger partial charge in [-0.25, -0.2) is 0 Å². The van der Waals surface area contributed by atoms with Crippen molar-refractivity contribution in [2.75, 3.05) is 9.80 Å². The van der Waals surface area contributed by atoms with Crippen LogP contribution >= 0.6 is 0 Å². The molecule has 0 aliphatic rings. The highest BCUT2D eigenvalue weighted by molar-refractivity contribution is 5.87. The summed E-state index contributed by atoms with van der Waals surface area (Å²) in [6, 6.07) is 44.4. The molecule has 0 heterocycles. The maximum Gasteiger partial charge on any atom is 0.0490 e. The van der Waals surface area contributed by atoms with E-state index < -0.39 is 0 Å². The number of para-hydroxylation sites is 2. The molecule has 0 saturated heterocycles. The van der Waals surface area contributed by atoms with Crippen LogP contribution in [0, 0.1) is 55.4 Å². The van der Waals surface area contributed by atoms with Gasteiger partial charge in [0.2, 0.25) is 0 Å². The minimum atomic E-state index is 1.16. The van der Waals surface area contributed by atoms with Gasteiger partial charge in [0, 0.05) is 34.1 Å². The largest absolute Gasteiger partial charge is 0.310 e. The van der Waals surface area contributed by atoms with Crippen LogP contribution in [0.25, 0.3) is 11.1 Å². The van der Waals surface area contributed by atoms with E-state index in [0.717, 1.165) is 11.4 Å². The maximum atomic E-state index is 2.39. The number of anilines is 6. The zero-order valence-electron chi connectivity index (χ0n) is 28.4. The van der Waals surface area contributed by atoms with Gasteiger partial charge in [-0.2, -0.15) is 0 Å². The van der Waals surface area contributed by atoms with E-state index in [1.54, 1.807) is 0 Å². The summed E-state index contributed by atoms with van der Waals surface area (Å²) >= 11 is 0.